The number of hydrogen-bond acceptors (Lipinski definition) is 2. The summed E-state index contributed by atoms with van der Waals surface area (Å²) in [6.45, 7) is 8.07. The van der Waals surface area contributed by atoms with Crippen LogP contribution in [0.3, 0.4) is 0 Å². The summed E-state index contributed by atoms with van der Waals surface area (Å²) in [5.74, 6) is 1.30. The van der Waals surface area contributed by atoms with E-state index >= 15 is 0 Å². The number of Topliss-reactive ketones (excluding diaryl/α,β-unsaturated/α-hetero) is 2. The SMILES string of the molecule is CC1=C2C=C(C(C)C)C(=O)CC(C)C2CC1=O. The number of ketones is 2. The molecule has 0 bridgehead atoms. The first-order chi connectivity index (χ1) is 7.91. The van der Waals surface area contributed by atoms with E-state index in [0.717, 1.165) is 16.7 Å². The minimum Gasteiger partial charge on any atom is -0.295 e. The van der Waals surface area contributed by atoms with Crippen molar-refractivity contribution in [3.05, 3.63) is 22.8 Å². The monoisotopic (exact) mass is 232 g/mol. The minimum absolute atomic E-state index is 0.240. The number of allylic oxidation sites excluding steroid dienone is 4. The van der Waals surface area contributed by atoms with E-state index in [-0.39, 0.29) is 29.3 Å². The van der Waals surface area contributed by atoms with Crippen LogP contribution in [0.25, 0.3) is 0 Å². The molecule has 0 radical (unpaired) electrons. The van der Waals surface area contributed by atoms with Crippen LogP contribution in [-0.4, -0.2) is 11.6 Å². The van der Waals surface area contributed by atoms with E-state index in [1.54, 1.807) is 0 Å². The minimum atomic E-state index is 0.240. The molecule has 0 N–H and O–H groups in total. The van der Waals surface area contributed by atoms with Crippen molar-refractivity contribution in [2.45, 2.75) is 40.5 Å². The number of carbonyl (C=O) groups excluding carboxylic acids is 2. The molecule has 0 amide bonds. The zero-order valence-electron chi connectivity index (χ0n) is 11.0. The molecule has 0 spiro atoms. The summed E-state index contributed by atoms with van der Waals surface area (Å²) in [5, 5.41) is 0. The van der Waals surface area contributed by atoms with Crippen LogP contribution in [0.1, 0.15) is 40.5 Å². The lowest BCUT2D eigenvalue weighted by Gasteiger charge is -2.16. The van der Waals surface area contributed by atoms with Crippen LogP contribution in [0, 0.1) is 17.8 Å². The zero-order chi connectivity index (χ0) is 12.7. The smallest absolute Gasteiger partial charge is 0.159 e. The van der Waals surface area contributed by atoms with Gasteiger partial charge in [-0.05, 0) is 41.4 Å². The normalized spacial score (nSPS) is 29.6. The van der Waals surface area contributed by atoms with Crippen LogP contribution >= 0.6 is 0 Å². The fourth-order valence-electron chi connectivity index (χ4n) is 2.91. The van der Waals surface area contributed by atoms with Gasteiger partial charge in [-0.15, -0.1) is 0 Å². The number of fused-ring (bicyclic) bond motifs is 1. The van der Waals surface area contributed by atoms with Crippen molar-refractivity contribution in [3.63, 3.8) is 0 Å². The molecule has 2 atom stereocenters. The second-order valence-corrected chi connectivity index (χ2v) is 5.67. The predicted octanol–water partition coefficient (Wildman–Crippen LogP) is 3.08. The lowest BCUT2D eigenvalue weighted by Crippen LogP contribution is -2.14. The van der Waals surface area contributed by atoms with Crippen LogP contribution in [-0.2, 0) is 9.59 Å². The third kappa shape index (κ3) is 2.01. The molecule has 2 nitrogen and oxygen atoms in total. The standard InChI is InChI=1S/C15H20O2/c1-8(2)11-6-13-10(4)14(16)7-12(13)9(3)5-15(11)17/h6,8-9,12H,5,7H2,1-4H3. The van der Waals surface area contributed by atoms with E-state index in [2.05, 4.69) is 6.92 Å². The van der Waals surface area contributed by atoms with Gasteiger partial charge in [0.1, 0.15) is 0 Å². The Morgan fingerprint density at radius 2 is 1.82 bits per heavy atom. The van der Waals surface area contributed by atoms with Gasteiger partial charge < -0.3 is 0 Å². The van der Waals surface area contributed by atoms with Crippen LogP contribution in [0.15, 0.2) is 22.8 Å². The Morgan fingerprint density at radius 3 is 2.41 bits per heavy atom. The summed E-state index contributed by atoms with van der Waals surface area (Å²) in [6.07, 6.45) is 3.18. The third-order valence-electron chi connectivity index (χ3n) is 4.11. The molecule has 2 aliphatic rings. The fourth-order valence-corrected chi connectivity index (χ4v) is 2.91. The molecular weight excluding hydrogens is 212 g/mol. The molecule has 0 saturated carbocycles. The average Bonchev–Trinajstić information content (AvgIpc) is 2.44. The first-order valence-electron chi connectivity index (χ1n) is 6.40. The Labute approximate surface area is 103 Å². The summed E-state index contributed by atoms with van der Waals surface area (Å²) in [7, 11) is 0. The van der Waals surface area contributed by atoms with Gasteiger partial charge in [0, 0.05) is 12.8 Å². The van der Waals surface area contributed by atoms with Gasteiger partial charge in [0.25, 0.3) is 0 Å². The van der Waals surface area contributed by atoms with Crippen molar-refractivity contribution in [1.82, 2.24) is 0 Å². The Hall–Kier alpha value is -1.18. The molecule has 0 fully saturated rings. The van der Waals surface area contributed by atoms with Gasteiger partial charge in [0.15, 0.2) is 11.6 Å². The van der Waals surface area contributed by atoms with Crippen molar-refractivity contribution in [2.24, 2.45) is 17.8 Å². The van der Waals surface area contributed by atoms with E-state index < -0.39 is 0 Å². The first kappa shape index (κ1) is 12.3. The van der Waals surface area contributed by atoms with Crippen molar-refractivity contribution < 1.29 is 9.59 Å². The summed E-state index contributed by atoms with van der Waals surface area (Å²) in [5.41, 5.74) is 2.88. The second kappa shape index (κ2) is 4.25. The molecule has 17 heavy (non-hydrogen) atoms. The largest absolute Gasteiger partial charge is 0.295 e. The highest BCUT2D eigenvalue weighted by molar-refractivity contribution is 6.02. The Bertz CT molecular complexity index is 438. The van der Waals surface area contributed by atoms with Gasteiger partial charge in [0.05, 0.1) is 0 Å². The second-order valence-electron chi connectivity index (χ2n) is 5.67. The Balaban J connectivity index is 2.52. The van der Waals surface area contributed by atoms with E-state index in [1.807, 2.05) is 26.8 Å². The fraction of sp³-hybridized carbons (Fsp3) is 0.600. The number of rotatable bonds is 1. The molecule has 0 saturated heterocycles. The van der Waals surface area contributed by atoms with E-state index in [9.17, 15) is 9.59 Å². The lowest BCUT2D eigenvalue weighted by atomic mass is 9.86. The molecule has 0 heterocycles. The molecule has 2 unspecified atom stereocenters. The maximum Gasteiger partial charge on any atom is 0.159 e. The van der Waals surface area contributed by atoms with Crippen molar-refractivity contribution in [1.29, 1.82) is 0 Å². The molecule has 2 rings (SSSR count). The van der Waals surface area contributed by atoms with Crippen LogP contribution < -0.4 is 0 Å². The summed E-state index contributed by atoms with van der Waals surface area (Å²) >= 11 is 0. The van der Waals surface area contributed by atoms with Gasteiger partial charge in [-0.25, -0.2) is 0 Å². The van der Waals surface area contributed by atoms with Crippen LogP contribution in [0.4, 0.5) is 0 Å². The maximum absolute atomic E-state index is 12.1. The van der Waals surface area contributed by atoms with Crippen molar-refractivity contribution in [3.8, 4) is 0 Å². The summed E-state index contributed by atoms with van der Waals surface area (Å²) in [6, 6.07) is 0. The molecule has 0 aromatic carbocycles. The van der Waals surface area contributed by atoms with Crippen molar-refractivity contribution in [2.75, 3.05) is 0 Å². The highest BCUT2D eigenvalue weighted by Gasteiger charge is 2.36. The Kier molecular flexibility index (Phi) is 3.07. The highest BCUT2D eigenvalue weighted by atomic mass is 16.1. The summed E-state index contributed by atoms with van der Waals surface area (Å²) < 4.78 is 0. The van der Waals surface area contributed by atoms with Gasteiger partial charge in [-0.3, -0.25) is 9.59 Å². The Morgan fingerprint density at radius 1 is 1.18 bits per heavy atom. The summed E-state index contributed by atoms with van der Waals surface area (Å²) in [4.78, 5) is 23.9. The number of carbonyl (C=O) groups is 2. The van der Waals surface area contributed by atoms with E-state index in [4.69, 9.17) is 0 Å². The highest BCUT2D eigenvalue weighted by Crippen LogP contribution is 2.40. The molecule has 0 aromatic rings. The maximum atomic E-state index is 12.1. The molecule has 0 aliphatic heterocycles. The molecule has 0 aromatic heterocycles. The van der Waals surface area contributed by atoms with Crippen LogP contribution in [0.2, 0.25) is 0 Å². The van der Waals surface area contributed by atoms with E-state index in [0.29, 0.717) is 12.8 Å². The van der Waals surface area contributed by atoms with Gasteiger partial charge in [-0.1, -0.05) is 26.8 Å². The van der Waals surface area contributed by atoms with Crippen LogP contribution in [0.5, 0.6) is 0 Å². The topological polar surface area (TPSA) is 34.1 Å². The molecule has 2 aliphatic carbocycles. The number of hydrogen-bond donors (Lipinski definition) is 0. The van der Waals surface area contributed by atoms with Gasteiger partial charge in [-0.2, -0.15) is 0 Å². The third-order valence-corrected chi connectivity index (χ3v) is 4.11. The molecule has 92 valence electrons. The quantitative estimate of drug-likeness (QED) is 0.696. The molecular formula is C15H20O2. The average molecular weight is 232 g/mol. The van der Waals surface area contributed by atoms with Gasteiger partial charge >= 0.3 is 0 Å². The predicted molar refractivity (Wildman–Crippen MR) is 67.5 cm³/mol. The molecule has 2 heteroatoms. The lowest BCUT2D eigenvalue weighted by molar-refractivity contribution is -0.118. The van der Waals surface area contributed by atoms with E-state index in [1.165, 1.54) is 0 Å². The first-order valence-corrected chi connectivity index (χ1v) is 6.40. The van der Waals surface area contributed by atoms with Gasteiger partial charge in [0.2, 0.25) is 0 Å². The zero-order valence-corrected chi connectivity index (χ0v) is 11.0. The van der Waals surface area contributed by atoms with Crippen molar-refractivity contribution >= 4 is 11.6 Å².